The largest absolute Gasteiger partial charge is 0.397 e. The lowest BCUT2D eigenvalue weighted by atomic mass is 9.77. The number of nitrogen functional groups attached to an aromatic ring is 1. The van der Waals surface area contributed by atoms with Crippen LogP contribution in [0, 0.1) is 16.2 Å². The van der Waals surface area contributed by atoms with Crippen LogP contribution in [0.4, 0.5) is 11.5 Å². The molecule has 0 saturated carbocycles. The monoisotopic (exact) mass is 666 g/mol. The first-order chi connectivity index (χ1) is 23.7. The van der Waals surface area contributed by atoms with Crippen LogP contribution in [0.5, 0.6) is 0 Å². The third-order valence-electron chi connectivity index (χ3n) is 11.1. The van der Waals surface area contributed by atoms with Gasteiger partial charge < -0.3 is 26.0 Å². The van der Waals surface area contributed by atoms with E-state index in [1.165, 1.54) is 11.9 Å². The Balaban J connectivity index is 0.933. The molecule has 0 bridgehead atoms. The van der Waals surface area contributed by atoms with Crippen LogP contribution in [0.15, 0.2) is 52.5 Å². The zero-order chi connectivity index (χ0) is 34.2. The zero-order valence-electron chi connectivity index (χ0n) is 28.2. The molecule has 6 heterocycles. The third kappa shape index (κ3) is 6.44. The fourth-order valence-corrected chi connectivity index (χ4v) is 7.84. The lowest BCUT2D eigenvalue weighted by Gasteiger charge is -2.47. The van der Waals surface area contributed by atoms with Gasteiger partial charge in [0.2, 0.25) is 11.8 Å². The molecule has 13 nitrogen and oxygen atoms in total. The summed E-state index contributed by atoms with van der Waals surface area (Å²) in [7, 11) is 1.65. The molecule has 0 radical (unpaired) electrons. The minimum atomic E-state index is -0.526. The van der Waals surface area contributed by atoms with Crippen molar-refractivity contribution in [2.24, 2.45) is 26.5 Å². The van der Waals surface area contributed by atoms with Gasteiger partial charge in [-0.3, -0.25) is 29.8 Å². The summed E-state index contributed by atoms with van der Waals surface area (Å²) < 4.78 is 5.45. The van der Waals surface area contributed by atoms with Crippen molar-refractivity contribution in [2.75, 3.05) is 83.3 Å². The number of carbonyl (C=O) groups is 2. The number of likely N-dealkylation sites (tertiary alicyclic amines) is 2. The summed E-state index contributed by atoms with van der Waals surface area (Å²) in [6.45, 7) is 6.51. The molecule has 1 aromatic heterocycles. The molecule has 1 aromatic carbocycles. The maximum Gasteiger partial charge on any atom is 0.237 e. The fraction of sp³-hybridized carbons (Fsp3) is 0.500. The van der Waals surface area contributed by atoms with E-state index in [-0.39, 0.29) is 17.2 Å². The molecule has 2 aromatic rings. The minimum absolute atomic E-state index is 0.0465. The highest BCUT2D eigenvalue weighted by Crippen LogP contribution is 2.43. The number of aliphatic imine (C=N–C) groups is 2. The van der Waals surface area contributed by atoms with Crippen molar-refractivity contribution >= 4 is 46.9 Å². The predicted molar refractivity (Wildman–Crippen MR) is 191 cm³/mol. The minimum Gasteiger partial charge on any atom is -0.397 e. The molecule has 1 atom stereocenters. The average Bonchev–Trinajstić information content (AvgIpc) is 3.68. The van der Waals surface area contributed by atoms with Crippen LogP contribution in [-0.2, 0) is 14.3 Å². The van der Waals surface area contributed by atoms with Gasteiger partial charge in [-0.15, -0.1) is 0 Å². The summed E-state index contributed by atoms with van der Waals surface area (Å²) in [5.41, 5.74) is 16.1. The highest BCUT2D eigenvalue weighted by Gasteiger charge is 2.51. The van der Waals surface area contributed by atoms with Crippen LogP contribution in [0.25, 0.3) is 5.57 Å². The fourth-order valence-electron chi connectivity index (χ4n) is 7.84. The SMILES string of the molecule is CN=CN=C(N)c1ccc(C2=CCN(C(=O)CN3CC[C@]4(CCN(c5ccc(N)c(C(=N)N6CCC7(CC6)COC7)n5)C4=O)C3)CC2)cc1. The van der Waals surface area contributed by atoms with Gasteiger partial charge >= 0.3 is 0 Å². The molecule has 2 amide bonds. The van der Waals surface area contributed by atoms with Crippen molar-refractivity contribution in [1.29, 1.82) is 5.41 Å². The number of benzene rings is 1. The van der Waals surface area contributed by atoms with Crippen molar-refractivity contribution in [1.82, 2.24) is 19.7 Å². The number of rotatable bonds is 7. The van der Waals surface area contributed by atoms with Gasteiger partial charge in [-0.05, 0) is 61.9 Å². The van der Waals surface area contributed by atoms with Gasteiger partial charge in [0, 0.05) is 57.3 Å². The number of nitrogens with one attached hydrogen (secondary N) is 1. The Morgan fingerprint density at radius 2 is 1.78 bits per heavy atom. The Kier molecular flexibility index (Phi) is 8.97. The zero-order valence-corrected chi connectivity index (χ0v) is 28.2. The Bertz CT molecular complexity index is 1710. The van der Waals surface area contributed by atoms with Gasteiger partial charge in [0.05, 0.1) is 30.9 Å². The number of amides is 2. The third-order valence-corrected chi connectivity index (χ3v) is 11.1. The number of ether oxygens (including phenoxy) is 1. The van der Waals surface area contributed by atoms with Crippen LogP contribution in [0.2, 0.25) is 0 Å². The van der Waals surface area contributed by atoms with Crippen molar-refractivity contribution in [3.05, 3.63) is 59.3 Å². The second kappa shape index (κ2) is 13.4. The van der Waals surface area contributed by atoms with E-state index in [0.717, 1.165) is 56.7 Å². The number of hydrogen-bond acceptors (Lipinski definition) is 8. The lowest BCUT2D eigenvalue weighted by Crippen LogP contribution is -2.52. The van der Waals surface area contributed by atoms with E-state index in [2.05, 4.69) is 21.0 Å². The number of carbonyl (C=O) groups excluding carboxylic acids is 2. The topological polar surface area (TPSA) is 170 Å². The maximum atomic E-state index is 13.9. The standard InChI is InChI=1S/C36H46N10O3/c1-40-24-41-32(38)27-4-2-25(3-5-27)26-8-14-44(15-9-26)30(47)20-43-16-12-36(21-43)13-19-46(34(36)48)29-7-6-28(37)31(42-29)33(39)45-17-10-35(11-18-45)22-49-23-35/h2-8,24,39H,9-23,37H2,1H3,(H2,38,40,41)/t36-/m0/s1. The van der Waals surface area contributed by atoms with Gasteiger partial charge in [0.25, 0.3) is 0 Å². The average molecular weight is 667 g/mol. The van der Waals surface area contributed by atoms with Crippen molar-refractivity contribution in [3.63, 3.8) is 0 Å². The number of nitrogens with two attached hydrogens (primary N) is 2. The molecule has 258 valence electrons. The van der Waals surface area contributed by atoms with Gasteiger partial charge in [-0.25, -0.2) is 9.98 Å². The number of amidine groups is 2. The molecule has 5 aliphatic heterocycles. The van der Waals surface area contributed by atoms with Crippen molar-refractivity contribution in [3.8, 4) is 0 Å². The Morgan fingerprint density at radius 1 is 1.02 bits per heavy atom. The van der Waals surface area contributed by atoms with Crippen LogP contribution < -0.4 is 16.4 Å². The normalized spacial score (nSPS) is 24.3. The van der Waals surface area contributed by atoms with E-state index in [1.807, 2.05) is 34.1 Å². The van der Waals surface area contributed by atoms with Crippen molar-refractivity contribution < 1.29 is 14.3 Å². The van der Waals surface area contributed by atoms with E-state index >= 15 is 0 Å². The van der Waals surface area contributed by atoms with Gasteiger partial charge in [0.1, 0.15) is 29.5 Å². The summed E-state index contributed by atoms with van der Waals surface area (Å²) in [5, 5.41) is 8.91. The number of nitrogens with zero attached hydrogens (tertiary/aromatic N) is 7. The molecule has 7 rings (SSSR count). The summed E-state index contributed by atoms with van der Waals surface area (Å²) >= 11 is 0. The molecule has 49 heavy (non-hydrogen) atoms. The van der Waals surface area contributed by atoms with Gasteiger partial charge in [0.15, 0.2) is 0 Å². The summed E-state index contributed by atoms with van der Waals surface area (Å²) in [6, 6.07) is 11.5. The molecule has 13 heteroatoms. The van der Waals surface area contributed by atoms with Gasteiger partial charge in [-0.2, -0.15) is 0 Å². The molecule has 5 N–H and O–H groups in total. The molecule has 0 unspecified atom stereocenters. The Morgan fingerprint density at radius 3 is 2.45 bits per heavy atom. The van der Waals surface area contributed by atoms with Gasteiger partial charge in [-0.1, -0.05) is 30.3 Å². The number of hydrogen-bond donors (Lipinski definition) is 3. The summed E-state index contributed by atoms with van der Waals surface area (Å²) in [6.07, 6.45) is 7.74. The van der Waals surface area contributed by atoms with Crippen LogP contribution in [0.3, 0.4) is 0 Å². The smallest absolute Gasteiger partial charge is 0.237 e. The Hall–Kier alpha value is -4.62. The lowest BCUT2D eigenvalue weighted by molar-refractivity contribution is -0.134. The first kappa shape index (κ1) is 32.9. The molecule has 4 fully saturated rings. The summed E-state index contributed by atoms with van der Waals surface area (Å²) in [4.78, 5) is 47.9. The molecule has 0 aliphatic carbocycles. The van der Waals surface area contributed by atoms with Crippen molar-refractivity contribution in [2.45, 2.75) is 32.1 Å². The quantitative estimate of drug-likeness (QED) is 0.299. The van der Waals surface area contributed by atoms with Crippen LogP contribution in [-0.4, -0.2) is 122 Å². The van der Waals surface area contributed by atoms with Crippen LogP contribution in [0.1, 0.15) is 48.9 Å². The van der Waals surface area contributed by atoms with E-state index < -0.39 is 5.41 Å². The maximum absolute atomic E-state index is 13.9. The molecule has 4 saturated heterocycles. The van der Waals surface area contributed by atoms with E-state index in [0.29, 0.717) is 81.0 Å². The number of piperidine rings is 1. The molecule has 2 spiro atoms. The second-order valence-electron chi connectivity index (χ2n) is 14.2. The molecular weight excluding hydrogens is 620 g/mol. The predicted octanol–water partition coefficient (Wildman–Crippen LogP) is 2.21. The van der Waals surface area contributed by atoms with E-state index in [1.54, 1.807) is 24.1 Å². The highest BCUT2D eigenvalue weighted by molar-refractivity contribution is 6.03. The number of pyridine rings is 1. The molecule has 5 aliphatic rings. The van der Waals surface area contributed by atoms with E-state index in [4.69, 9.17) is 26.6 Å². The first-order valence-electron chi connectivity index (χ1n) is 17.2. The Labute approximate surface area is 287 Å². The summed E-state index contributed by atoms with van der Waals surface area (Å²) in [5.74, 6) is 1.40. The van der Waals surface area contributed by atoms with Crippen LogP contribution >= 0.6 is 0 Å². The molecular formula is C36H46N10O3. The first-order valence-corrected chi connectivity index (χ1v) is 17.2. The number of anilines is 2. The second-order valence-corrected chi connectivity index (χ2v) is 14.2. The highest BCUT2D eigenvalue weighted by atomic mass is 16.5. The van der Waals surface area contributed by atoms with E-state index in [9.17, 15) is 9.59 Å². The number of aromatic nitrogens is 1.